The number of benzene rings is 1. The van der Waals surface area contributed by atoms with Crippen molar-refractivity contribution < 1.29 is 4.43 Å². The molecule has 0 aliphatic rings. The maximum Gasteiger partial charge on any atom is 0.242 e. The smallest absolute Gasteiger partial charge is 0.242 e. The normalized spacial score (nSPS) is 12.7. The van der Waals surface area contributed by atoms with Crippen LogP contribution in [-0.4, -0.2) is 8.32 Å². The SMILES string of the molecule is CC(C)(C)c1cc(O[Si](C)(C)C)c(I)cc1I. The highest BCUT2D eigenvalue weighted by atomic mass is 127. The van der Waals surface area contributed by atoms with E-state index in [1.165, 1.54) is 12.7 Å². The maximum absolute atomic E-state index is 6.15. The predicted molar refractivity (Wildman–Crippen MR) is 94.6 cm³/mol. The van der Waals surface area contributed by atoms with Crippen LogP contribution in [0.25, 0.3) is 0 Å². The summed E-state index contributed by atoms with van der Waals surface area (Å²) in [5, 5.41) is 0. The molecule has 1 aromatic carbocycles. The first kappa shape index (κ1) is 15.8. The van der Waals surface area contributed by atoms with Gasteiger partial charge in [-0.2, -0.15) is 0 Å². The predicted octanol–water partition coefficient (Wildman–Crippen LogP) is 5.41. The Morgan fingerprint density at radius 1 is 1.00 bits per heavy atom. The summed E-state index contributed by atoms with van der Waals surface area (Å²) < 4.78 is 8.68. The molecule has 0 saturated heterocycles. The lowest BCUT2D eigenvalue weighted by Crippen LogP contribution is -2.30. The van der Waals surface area contributed by atoms with Crippen molar-refractivity contribution >= 4 is 53.5 Å². The molecule has 0 N–H and O–H groups in total. The second-order valence-electron chi connectivity index (χ2n) is 6.23. The van der Waals surface area contributed by atoms with E-state index >= 15 is 0 Å². The van der Waals surface area contributed by atoms with Crippen molar-refractivity contribution in [3.8, 4) is 5.75 Å². The van der Waals surface area contributed by atoms with Crippen molar-refractivity contribution in [2.45, 2.75) is 45.8 Å². The molecular formula is C13H20I2OSi. The molecule has 0 aromatic heterocycles. The van der Waals surface area contributed by atoms with Crippen molar-refractivity contribution in [2.75, 3.05) is 0 Å². The minimum absolute atomic E-state index is 0.165. The van der Waals surface area contributed by atoms with Crippen LogP contribution in [0.5, 0.6) is 5.75 Å². The molecule has 0 fully saturated rings. The van der Waals surface area contributed by atoms with Gasteiger partial charge in [0.25, 0.3) is 0 Å². The maximum atomic E-state index is 6.15. The second kappa shape index (κ2) is 5.36. The van der Waals surface area contributed by atoms with Crippen LogP contribution in [0.4, 0.5) is 0 Å². The molecular weight excluding hydrogens is 454 g/mol. The van der Waals surface area contributed by atoms with Crippen LogP contribution in [0.3, 0.4) is 0 Å². The number of hydrogen-bond donors (Lipinski definition) is 0. The summed E-state index contributed by atoms with van der Waals surface area (Å²) in [6.07, 6.45) is 0. The van der Waals surface area contributed by atoms with Crippen molar-refractivity contribution in [3.05, 3.63) is 24.8 Å². The lowest BCUT2D eigenvalue weighted by molar-refractivity contribution is 0.540. The molecule has 1 aromatic rings. The van der Waals surface area contributed by atoms with Gasteiger partial charge in [0.2, 0.25) is 8.32 Å². The van der Waals surface area contributed by atoms with Crippen LogP contribution < -0.4 is 4.43 Å². The molecule has 0 aliphatic carbocycles. The number of halogens is 2. The van der Waals surface area contributed by atoms with E-state index < -0.39 is 8.32 Å². The van der Waals surface area contributed by atoms with Gasteiger partial charge in [-0.3, -0.25) is 0 Å². The van der Waals surface area contributed by atoms with Crippen LogP contribution in [0.1, 0.15) is 26.3 Å². The van der Waals surface area contributed by atoms with Crippen molar-refractivity contribution in [2.24, 2.45) is 0 Å². The molecule has 96 valence electrons. The van der Waals surface area contributed by atoms with Crippen LogP contribution >= 0.6 is 45.2 Å². The van der Waals surface area contributed by atoms with Crippen molar-refractivity contribution in [3.63, 3.8) is 0 Å². The van der Waals surface area contributed by atoms with E-state index in [1.807, 2.05) is 0 Å². The lowest BCUT2D eigenvalue weighted by Gasteiger charge is -2.25. The summed E-state index contributed by atoms with van der Waals surface area (Å²) >= 11 is 4.78. The Hall–Kier alpha value is 0.697. The molecule has 17 heavy (non-hydrogen) atoms. The Kier molecular flexibility index (Phi) is 4.97. The third-order valence-electron chi connectivity index (χ3n) is 2.25. The first-order chi connectivity index (χ1) is 7.50. The van der Waals surface area contributed by atoms with Gasteiger partial charge in [0.1, 0.15) is 5.75 Å². The quantitative estimate of drug-likeness (QED) is 0.412. The highest BCUT2D eigenvalue weighted by molar-refractivity contribution is 14.1. The molecule has 0 spiro atoms. The summed E-state index contributed by atoms with van der Waals surface area (Å²) in [6.45, 7) is 13.4. The lowest BCUT2D eigenvalue weighted by atomic mass is 9.87. The zero-order valence-corrected chi connectivity index (χ0v) is 16.6. The summed E-state index contributed by atoms with van der Waals surface area (Å²) in [6, 6.07) is 4.44. The van der Waals surface area contributed by atoms with Gasteiger partial charge in [-0.05, 0) is 87.9 Å². The summed E-state index contributed by atoms with van der Waals surface area (Å²) in [7, 11) is -1.54. The zero-order valence-electron chi connectivity index (χ0n) is 11.3. The average Bonchev–Trinajstić information content (AvgIpc) is 2.05. The van der Waals surface area contributed by atoms with Crippen molar-refractivity contribution in [1.82, 2.24) is 0 Å². The Labute approximate surface area is 133 Å². The molecule has 0 bridgehead atoms. The van der Waals surface area contributed by atoms with E-state index in [1.54, 1.807) is 0 Å². The fourth-order valence-electron chi connectivity index (χ4n) is 1.51. The van der Waals surface area contributed by atoms with E-state index in [2.05, 4.69) is 97.7 Å². The average molecular weight is 474 g/mol. The second-order valence-corrected chi connectivity index (χ2v) is 13.0. The van der Waals surface area contributed by atoms with Crippen molar-refractivity contribution in [1.29, 1.82) is 0 Å². The first-order valence-corrected chi connectivity index (χ1v) is 11.3. The molecule has 0 amide bonds. The largest absolute Gasteiger partial charge is 0.544 e. The van der Waals surface area contributed by atoms with Gasteiger partial charge in [0.15, 0.2) is 0 Å². The highest BCUT2D eigenvalue weighted by Crippen LogP contribution is 2.34. The third kappa shape index (κ3) is 4.70. The van der Waals surface area contributed by atoms with E-state index in [4.69, 9.17) is 4.43 Å². The molecule has 4 heteroatoms. The Morgan fingerprint density at radius 2 is 1.53 bits per heavy atom. The topological polar surface area (TPSA) is 9.23 Å². The molecule has 0 unspecified atom stereocenters. The van der Waals surface area contributed by atoms with E-state index in [0.29, 0.717) is 0 Å². The fourth-order valence-corrected chi connectivity index (χ4v) is 5.00. The Bertz CT molecular complexity index is 417. The molecule has 0 heterocycles. The molecule has 0 aliphatic heterocycles. The molecule has 0 radical (unpaired) electrons. The van der Waals surface area contributed by atoms with Crippen LogP contribution in [0, 0.1) is 7.14 Å². The molecule has 0 saturated carbocycles. The molecule has 1 rings (SSSR count). The van der Waals surface area contributed by atoms with Gasteiger partial charge in [0.05, 0.1) is 3.57 Å². The van der Waals surface area contributed by atoms with Gasteiger partial charge in [-0.25, -0.2) is 0 Å². The van der Waals surface area contributed by atoms with Crippen LogP contribution in [0.2, 0.25) is 19.6 Å². The minimum atomic E-state index is -1.54. The Morgan fingerprint density at radius 3 is 1.94 bits per heavy atom. The monoisotopic (exact) mass is 474 g/mol. The highest BCUT2D eigenvalue weighted by Gasteiger charge is 2.22. The van der Waals surface area contributed by atoms with E-state index in [9.17, 15) is 0 Å². The van der Waals surface area contributed by atoms with Gasteiger partial charge in [0, 0.05) is 3.57 Å². The number of rotatable bonds is 2. The fraction of sp³-hybridized carbons (Fsp3) is 0.538. The molecule has 1 nitrogen and oxygen atoms in total. The van der Waals surface area contributed by atoms with Gasteiger partial charge in [-0.1, -0.05) is 20.8 Å². The van der Waals surface area contributed by atoms with E-state index in [0.717, 1.165) is 5.75 Å². The molecule has 0 atom stereocenters. The standard InChI is InChI=1S/C13H20I2OSi/c1-13(2,3)9-7-12(16-17(4,5)6)11(15)8-10(9)14/h7-8H,1-6H3. The third-order valence-corrected chi connectivity index (χ3v) is 4.81. The van der Waals surface area contributed by atoms with E-state index in [-0.39, 0.29) is 5.41 Å². The zero-order chi connectivity index (χ0) is 13.4. The van der Waals surface area contributed by atoms with Crippen LogP contribution in [0.15, 0.2) is 12.1 Å². The first-order valence-electron chi connectivity index (χ1n) is 5.69. The van der Waals surface area contributed by atoms with Gasteiger partial charge in [-0.15, -0.1) is 0 Å². The van der Waals surface area contributed by atoms with Gasteiger partial charge >= 0.3 is 0 Å². The summed E-state index contributed by atoms with van der Waals surface area (Å²) in [4.78, 5) is 0. The summed E-state index contributed by atoms with van der Waals surface area (Å²) in [5.74, 6) is 1.05. The minimum Gasteiger partial charge on any atom is -0.544 e. The number of hydrogen-bond acceptors (Lipinski definition) is 1. The Balaban J connectivity index is 3.25. The summed E-state index contributed by atoms with van der Waals surface area (Å²) in [5.41, 5.74) is 1.53. The van der Waals surface area contributed by atoms with Gasteiger partial charge < -0.3 is 4.43 Å². The van der Waals surface area contributed by atoms with Crippen LogP contribution in [-0.2, 0) is 5.41 Å².